The molecule has 0 aromatic heterocycles. The molecule has 1 saturated heterocycles. The predicted molar refractivity (Wildman–Crippen MR) is 63.8 cm³/mol. The third-order valence-electron chi connectivity index (χ3n) is 2.74. The summed E-state index contributed by atoms with van der Waals surface area (Å²) >= 11 is 1.40. The fourth-order valence-electron chi connectivity index (χ4n) is 1.90. The van der Waals surface area contributed by atoms with E-state index in [2.05, 4.69) is 5.32 Å². The zero-order valence-corrected chi connectivity index (χ0v) is 10.8. The van der Waals surface area contributed by atoms with Crippen LogP contribution in [-0.2, 0) is 6.18 Å². The molecule has 0 radical (unpaired) electrons. The molecule has 1 aromatic rings. The first-order valence-electron chi connectivity index (χ1n) is 5.45. The average molecular weight is 279 g/mol. The van der Waals surface area contributed by atoms with Gasteiger partial charge in [0.2, 0.25) is 0 Å². The first-order valence-corrected chi connectivity index (χ1v) is 6.50. The highest BCUT2D eigenvalue weighted by Crippen LogP contribution is 2.43. The Kier molecular flexibility index (Phi) is 3.36. The molecule has 0 aliphatic carbocycles. The summed E-state index contributed by atoms with van der Waals surface area (Å²) in [5.74, 6) is -0.153. The molecule has 2 rings (SSSR count). The van der Waals surface area contributed by atoms with Gasteiger partial charge in [0, 0.05) is 11.3 Å². The second kappa shape index (κ2) is 4.42. The lowest BCUT2D eigenvalue weighted by molar-refractivity contribution is -0.138. The summed E-state index contributed by atoms with van der Waals surface area (Å²) in [7, 11) is 0. The lowest BCUT2D eigenvalue weighted by Crippen LogP contribution is -2.36. The Morgan fingerprint density at radius 1 is 1.33 bits per heavy atom. The van der Waals surface area contributed by atoms with Crippen molar-refractivity contribution in [3.8, 4) is 0 Å². The van der Waals surface area contributed by atoms with Gasteiger partial charge in [-0.1, -0.05) is 6.07 Å². The molecule has 0 amide bonds. The molecule has 1 aliphatic heterocycles. The van der Waals surface area contributed by atoms with Crippen molar-refractivity contribution in [2.45, 2.75) is 30.9 Å². The summed E-state index contributed by atoms with van der Waals surface area (Å²) in [6, 6.07) is 2.84. The first-order chi connectivity index (χ1) is 8.19. The van der Waals surface area contributed by atoms with E-state index in [9.17, 15) is 17.6 Å². The topological polar surface area (TPSA) is 12.0 Å². The van der Waals surface area contributed by atoms with Gasteiger partial charge in [-0.15, -0.1) is 11.8 Å². The Morgan fingerprint density at radius 3 is 2.50 bits per heavy atom. The van der Waals surface area contributed by atoms with Crippen LogP contribution in [0.2, 0.25) is 0 Å². The number of halogens is 4. The molecule has 1 nitrogen and oxygen atoms in total. The summed E-state index contributed by atoms with van der Waals surface area (Å²) in [5.41, 5.74) is -1.02. The van der Waals surface area contributed by atoms with Crippen molar-refractivity contribution in [3.05, 3.63) is 35.1 Å². The summed E-state index contributed by atoms with van der Waals surface area (Å²) in [5, 5.41) is 2.67. The van der Waals surface area contributed by atoms with E-state index in [0.717, 1.165) is 6.07 Å². The monoisotopic (exact) mass is 279 g/mol. The van der Waals surface area contributed by atoms with Crippen LogP contribution in [0.5, 0.6) is 0 Å². The molecule has 0 bridgehead atoms. The van der Waals surface area contributed by atoms with Crippen LogP contribution in [0.1, 0.15) is 30.3 Å². The smallest absolute Gasteiger partial charge is 0.296 e. The molecule has 18 heavy (non-hydrogen) atoms. The number of benzene rings is 1. The molecule has 1 unspecified atom stereocenters. The SMILES string of the molecule is CC1(C)CSC(c2ccc(F)cc2C(F)(F)F)N1. The highest BCUT2D eigenvalue weighted by Gasteiger charge is 2.39. The van der Waals surface area contributed by atoms with Crippen LogP contribution >= 0.6 is 11.8 Å². The van der Waals surface area contributed by atoms with Crippen molar-refractivity contribution in [1.82, 2.24) is 5.32 Å². The Bertz CT molecular complexity index is 456. The maximum absolute atomic E-state index is 13.0. The highest BCUT2D eigenvalue weighted by atomic mass is 32.2. The van der Waals surface area contributed by atoms with Gasteiger partial charge in [-0.3, -0.25) is 5.32 Å². The molecule has 0 saturated carbocycles. The minimum atomic E-state index is -4.54. The van der Waals surface area contributed by atoms with Gasteiger partial charge < -0.3 is 0 Å². The lowest BCUT2D eigenvalue weighted by atomic mass is 10.0. The summed E-state index contributed by atoms with van der Waals surface area (Å²) in [6.45, 7) is 3.85. The van der Waals surface area contributed by atoms with E-state index in [4.69, 9.17) is 0 Å². The van der Waals surface area contributed by atoms with E-state index in [0.29, 0.717) is 11.8 Å². The molecule has 1 atom stereocenters. The third-order valence-corrected chi connectivity index (χ3v) is 4.33. The second-order valence-electron chi connectivity index (χ2n) is 4.95. The number of thioether (sulfide) groups is 1. The molecule has 6 heteroatoms. The molecule has 0 spiro atoms. The Hall–Kier alpha value is -0.750. The molecule has 1 aromatic carbocycles. The predicted octanol–water partition coefficient (Wildman–Crippen LogP) is 3.96. The van der Waals surface area contributed by atoms with Crippen LogP contribution < -0.4 is 5.32 Å². The number of alkyl halides is 3. The number of nitrogens with one attached hydrogen (secondary N) is 1. The summed E-state index contributed by atoms with van der Waals surface area (Å²) in [4.78, 5) is 0. The van der Waals surface area contributed by atoms with Crippen LogP contribution in [0.15, 0.2) is 18.2 Å². The van der Waals surface area contributed by atoms with Crippen molar-refractivity contribution in [2.75, 3.05) is 5.75 Å². The maximum atomic E-state index is 13.0. The fourth-order valence-corrected chi connectivity index (χ4v) is 3.35. The fraction of sp³-hybridized carbons (Fsp3) is 0.500. The summed E-state index contributed by atoms with van der Waals surface area (Å²) < 4.78 is 51.6. The standard InChI is InChI=1S/C12H13F4NS/c1-11(2)6-18-10(17-11)8-4-3-7(13)5-9(8)12(14,15)16/h3-5,10,17H,6H2,1-2H3. The van der Waals surface area contributed by atoms with Gasteiger partial charge in [-0.25, -0.2) is 4.39 Å². The Balaban J connectivity index is 2.40. The van der Waals surface area contributed by atoms with E-state index in [1.54, 1.807) is 0 Å². The van der Waals surface area contributed by atoms with Crippen molar-refractivity contribution in [2.24, 2.45) is 0 Å². The van der Waals surface area contributed by atoms with Gasteiger partial charge >= 0.3 is 6.18 Å². The highest BCUT2D eigenvalue weighted by molar-refractivity contribution is 7.99. The Labute approximate surface area is 107 Å². The second-order valence-corrected chi connectivity index (χ2v) is 6.04. The first kappa shape index (κ1) is 13.7. The number of hydrogen-bond acceptors (Lipinski definition) is 2. The van der Waals surface area contributed by atoms with Gasteiger partial charge in [-0.2, -0.15) is 13.2 Å². The average Bonchev–Trinajstić information content (AvgIpc) is 2.57. The minimum absolute atomic E-state index is 0.0967. The van der Waals surface area contributed by atoms with Gasteiger partial charge in [-0.05, 0) is 31.5 Å². The quantitative estimate of drug-likeness (QED) is 0.781. The van der Waals surface area contributed by atoms with Crippen molar-refractivity contribution in [3.63, 3.8) is 0 Å². The Morgan fingerprint density at radius 2 is 2.00 bits per heavy atom. The lowest BCUT2D eigenvalue weighted by Gasteiger charge is -2.21. The van der Waals surface area contributed by atoms with Crippen LogP contribution in [0.4, 0.5) is 17.6 Å². The zero-order valence-electron chi connectivity index (χ0n) is 9.94. The molecule has 1 heterocycles. The van der Waals surface area contributed by atoms with E-state index in [1.807, 2.05) is 13.8 Å². The van der Waals surface area contributed by atoms with E-state index < -0.39 is 22.9 Å². The molecule has 100 valence electrons. The van der Waals surface area contributed by atoms with E-state index in [1.165, 1.54) is 17.8 Å². The number of rotatable bonds is 1. The van der Waals surface area contributed by atoms with Crippen molar-refractivity contribution < 1.29 is 17.6 Å². The molecule has 1 N–H and O–H groups in total. The molecular weight excluding hydrogens is 266 g/mol. The summed E-state index contributed by atoms with van der Waals surface area (Å²) in [6.07, 6.45) is -4.54. The molecular formula is C12H13F4NS. The number of hydrogen-bond donors (Lipinski definition) is 1. The van der Waals surface area contributed by atoms with Gasteiger partial charge in [0.25, 0.3) is 0 Å². The van der Waals surface area contributed by atoms with E-state index in [-0.39, 0.29) is 11.1 Å². The minimum Gasteiger partial charge on any atom is -0.296 e. The van der Waals surface area contributed by atoms with Crippen LogP contribution in [0.25, 0.3) is 0 Å². The van der Waals surface area contributed by atoms with Crippen LogP contribution in [-0.4, -0.2) is 11.3 Å². The van der Waals surface area contributed by atoms with E-state index >= 15 is 0 Å². The van der Waals surface area contributed by atoms with Gasteiger partial charge in [0.05, 0.1) is 10.9 Å². The zero-order chi connectivity index (χ0) is 13.6. The van der Waals surface area contributed by atoms with Crippen LogP contribution in [0.3, 0.4) is 0 Å². The largest absolute Gasteiger partial charge is 0.416 e. The molecule has 1 aliphatic rings. The van der Waals surface area contributed by atoms with Crippen molar-refractivity contribution >= 4 is 11.8 Å². The van der Waals surface area contributed by atoms with Crippen LogP contribution in [0, 0.1) is 5.82 Å². The van der Waals surface area contributed by atoms with Crippen molar-refractivity contribution in [1.29, 1.82) is 0 Å². The maximum Gasteiger partial charge on any atom is 0.416 e. The van der Waals surface area contributed by atoms with Gasteiger partial charge in [0.1, 0.15) is 5.82 Å². The normalized spacial score (nSPS) is 23.3. The van der Waals surface area contributed by atoms with Gasteiger partial charge in [0.15, 0.2) is 0 Å². The molecule has 1 fully saturated rings. The third kappa shape index (κ3) is 2.80.